The molecule has 5 nitrogen and oxygen atoms in total. The van der Waals surface area contributed by atoms with Crippen molar-refractivity contribution in [3.63, 3.8) is 0 Å². The van der Waals surface area contributed by atoms with Crippen molar-refractivity contribution < 1.29 is 9.53 Å². The Hall–Kier alpha value is -1.40. The maximum atomic E-state index is 11.4. The van der Waals surface area contributed by atoms with Gasteiger partial charge in [-0.2, -0.15) is 0 Å². The summed E-state index contributed by atoms with van der Waals surface area (Å²) in [5, 5.41) is 5.64. The third-order valence-electron chi connectivity index (χ3n) is 3.90. The summed E-state index contributed by atoms with van der Waals surface area (Å²) >= 11 is 1.78. The Morgan fingerprint density at radius 3 is 2.44 bits per heavy atom. The van der Waals surface area contributed by atoms with E-state index >= 15 is 0 Å². The Kier molecular flexibility index (Phi) is 9.75. The number of nitrogens with zero attached hydrogens (tertiary/aromatic N) is 1. The van der Waals surface area contributed by atoms with Gasteiger partial charge in [-0.15, -0.1) is 0 Å². The molecule has 1 aromatic rings. The highest BCUT2D eigenvalue weighted by Gasteiger charge is 2.21. The summed E-state index contributed by atoms with van der Waals surface area (Å²) in [6.07, 6.45) is 2.05. The number of urea groups is 1. The molecular formula is C19H33N3O2S. The van der Waals surface area contributed by atoms with Crippen molar-refractivity contribution >= 4 is 18.0 Å². The number of nitrogens with one attached hydrogen (secondary N) is 2. The molecule has 25 heavy (non-hydrogen) atoms. The molecule has 1 aromatic carbocycles. The van der Waals surface area contributed by atoms with E-state index in [1.165, 1.54) is 4.90 Å². The van der Waals surface area contributed by atoms with Gasteiger partial charge in [0.25, 0.3) is 0 Å². The lowest BCUT2D eigenvalue weighted by atomic mass is 9.88. The van der Waals surface area contributed by atoms with Crippen LogP contribution in [-0.4, -0.2) is 43.6 Å². The second-order valence-electron chi connectivity index (χ2n) is 6.78. The van der Waals surface area contributed by atoms with Crippen molar-refractivity contribution in [2.24, 2.45) is 5.41 Å². The van der Waals surface area contributed by atoms with Crippen LogP contribution < -0.4 is 15.4 Å². The van der Waals surface area contributed by atoms with E-state index in [1.54, 1.807) is 19.1 Å². The van der Waals surface area contributed by atoms with E-state index in [2.05, 4.69) is 47.8 Å². The molecule has 0 heterocycles. The largest absolute Gasteiger partial charge is 0.497 e. The summed E-state index contributed by atoms with van der Waals surface area (Å²) in [5.74, 6) is 0.882. The molecule has 142 valence electrons. The minimum absolute atomic E-state index is 0.0782. The summed E-state index contributed by atoms with van der Waals surface area (Å²) < 4.78 is 7.60. The number of benzene rings is 1. The number of ether oxygens (including phenoxy) is 1. The van der Waals surface area contributed by atoms with E-state index in [0.29, 0.717) is 13.1 Å². The first-order valence-corrected chi connectivity index (χ1v) is 9.76. The maximum Gasteiger partial charge on any atom is 0.314 e. The summed E-state index contributed by atoms with van der Waals surface area (Å²) in [6, 6.07) is 8.10. The Bertz CT molecular complexity index is 506. The molecule has 0 spiro atoms. The maximum absolute atomic E-state index is 11.4. The van der Waals surface area contributed by atoms with Gasteiger partial charge in [0.2, 0.25) is 0 Å². The quantitative estimate of drug-likeness (QED) is 0.456. The molecule has 0 aromatic heterocycles. The zero-order valence-corrected chi connectivity index (χ0v) is 17.0. The van der Waals surface area contributed by atoms with Crippen molar-refractivity contribution in [3.8, 4) is 5.75 Å². The number of hydrogen-bond acceptors (Lipinski definition) is 4. The van der Waals surface area contributed by atoms with Crippen molar-refractivity contribution in [2.75, 3.05) is 33.3 Å². The Labute approximate surface area is 157 Å². The monoisotopic (exact) mass is 367 g/mol. The van der Waals surface area contributed by atoms with Crippen LogP contribution in [0.5, 0.6) is 5.75 Å². The van der Waals surface area contributed by atoms with Crippen molar-refractivity contribution in [2.45, 2.75) is 45.4 Å². The number of carbonyl (C=O) groups excluding carboxylic acids is 1. The van der Waals surface area contributed by atoms with E-state index in [0.717, 1.165) is 31.7 Å². The summed E-state index contributed by atoms with van der Waals surface area (Å²) in [6.45, 7) is 12.0. The highest BCUT2D eigenvalue weighted by atomic mass is 32.2. The molecule has 0 fully saturated rings. The Morgan fingerprint density at radius 1 is 1.20 bits per heavy atom. The fourth-order valence-corrected chi connectivity index (χ4v) is 3.64. The molecule has 0 aliphatic carbocycles. The standard InChI is InChI=1S/C19H33N3O2S/c1-6-20-18(23)21-14-8-13-19(3,4)15-22(7-2)25-17-11-9-16(24-5)10-12-17/h9-12H,6-8,13-15H2,1-5H3,(H2,20,21,23). The van der Waals surface area contributed by atoms with Gasteiger partial charge in [-0.25, -0.2) is 9.10 Å². The van der Waals surface area contributed by atoms with E-state index in [9.17, 15) is 4.79 Å². The smallest absolute Gasteiger partial charge is 0.314 e. The van der Waals surface area contributed by atoms with E-state index in [1.807, 2.05) is 19.1 Å². The molecule has 0 unspecified atom stereocenters. The number of amides is 2. The molecule has 0 saturated heterocycles. The average Bonchev–Trinajstić information content (AvgIpc) is 2.59. The average molecular weight is 368 g/mol. The summed E-state index contributed by atoms with van der Waals surface area (Å²) in [7, 11) is 1.68. The normalized spacial score (nSPS) is 11.4. The zero-order valence-electron chi connectivity index (χ0n) is 16.2. The predicted octanol–water partition coefficient (Wildman–Crippen LogP) is 4.15. The van der Waals surface area contributed by atoms with Crippen molar-refractivity contribution in [1.82, 2.24) is 14.9 Å². The third kappa shape index (κ3) is 9.02. The van der Waals surface area contributed by atoms with Gasteiger partial charge in [-0.1, -0.05) is 20.8 Å². The van der Waals surface area contributed by atoms with Gasteiger partial charge in [0.1, 0.15) is 5.75 Å². The summed E-state index contributed by atoms with van der Waals surface area (Å²) in [5.41, 5.74) is 0.193. The minimum atomic E-state index is -0.0782. The Morgan fingerprint density at radius 2 is 1.88 bits per heavy atom. The fourth-order valence-electron chi connectivity index (χ4n) is 2.54. The van der Waals surface area contributed by atoms with Gasteiger partial charge in [0.15, 0.2) is 0 Å². The molecule has 0 aliphatic rings. The molecule has 1 rings (SSSR count). The van der Waals surface area contributed by atoms with E-state index in [-0.39, 0.29) is 11.4 Å². The number of methoxy groups -OCH3 is 1. The molecule has 0 bridgehead atoms. The van der Waals surface area contributed by atoms with Crippen LogP contribution in [-0.2, 0) is 0 Å². The van der Waals surface area contributed by atoms with Crippen molar-refractivity contribution in [3.05, 3.63) is 24.3 Å². The second kappa shape index (κ2) is 11.3. The first-order chi connectivity index (χ1) is 11.9. The van der Waals surface area contributed by atoms with Crippen LogP contribution in [0.3, 0.4) is 0 Å². The third-order valence-corrected chi connectivity index (χ3v) is 5.03. The van der Waals surface area contributed by atoms with Crippen LogP contribution in [0.2, 0.25) is 0 Å². The predicted molar refractivity (Wildman–Crippen MR) is 106 cm³/mol. The SMILES string of the molecule is CCNC(=O)NCCCC(C)(C)CN(CC)Sc1ccc(OC)cc1. The van der Waals surface area contributed by atoms with Crippen LogP contribution in [0.15, 0.2) is 29.2 Å². The topological polar surface area (TPSA) is 53.6 Å². The van der Waals surface area contributed by atoms with Crippen LogP contribution in [0.1, 0.15) is 40.5 Å². The molecule has 0 radical (unpaired) electrons. The van der Waals surface area contributed by atoms with Crippen LogP contribution in [0.25, 0.3) is 0 Å². The van der Waals surface area contributed by atoms with Gasteiger partial charge >= 0.3 is 6.03 Å². The number of hydrogen-bond donors (Lipinski definition) is 2. The highest BCUT2D eigenvalue weighted by Crippen LogP contribution is 2.30. The molecule has 6 heteroatoms. The Balaban J connectivity index is 2.41. The van der Waals surface area contributed by atoms with Gasteiger partial charge in [0, 0.05) is 31.1 Å². The van der Waals surface area contributed by atoms with Gasteiger partial charge in [-0.05, 0) is 61.4 Å². The molecule has 0 aliphatic heterocycles. The number of rotatable bonds is 11. The van der Waals surface area contributed by atoms with E-state index in [4.69, 9.17) is 4.74 Å². The molecule has 2 amide bonds. The molecule has 2 N–H and O–H groups in total. The number of carbonyl (C=O) groups is 1. The fraction of sp³-hybridized carbons (Fsp3) is 0.632. The van der Waals surface area contributed by atoms with Crippen molar-refractivity contribution in [1.29, 1.82) is 0 Å². The lowest BCUT2D eigenvalue weighted by molar-refractivity contribution is 0.236. The minimum Gasteiger partial charge on any atom is -0.497 e. The van der Waals surface area contributed by atoms with Crippen LogP contribution in [0.4, 0.5) is 4.79 Å². The molecular weight excluding hydrogens is 334 g/mol. The van der Waals surface area contributed by atoms with Crippen LogP contribution in [0, 0.1) is 5.41 Å². The molecule has 0 saturated carbocycles. The lowest BCUT2D eigenvalue weighted by Crippen LogP contribution is -2.36. The van der Waals surface area contributed by atoms with Gasteiger partial charge in [0.05, 0.1) is 7.11 Å². The first kappa shape index (κ1) is 21.6. The van der Waals surface area contributed by atoms with Gasteiger partial charge in [-0.3, -0.25) is 0 Å². The van der Waals surface area contributed by atoms with Gasteiger partial charge < -0.3 is 15.4 Å². The van der Waals surface area contributed by atoms with Crippen LogP contribution >= 0.6 is 11.9 Å². The summed E-state index contributed by atoms with van der Waals surface area (Å²) in [4.78, 5) is 12.6. The second-order valence-corrected chi connectivity index (χ2v) is 7.95. The highest BCUT2D eigenvalue weighted by molar-refractivity contribution is 7.97. The first-order valence-electron chi connectivity index (χ1n) is 8.99. The van der Waals surface area contributed by atoms with E-state index < -0.39 is 0 Å². The lowest BCUT2D eigenvalue weighted by Gasteiger charge is -2.31. The molecule has 0 atom stereocenters. The zero-order chi connectivity index (χ0) is 18.7.